The Morgan fingerprint density at radius 1 is 1.47 bits per heavy atom. The number of amides is 1. The highest BCUT2D eigenvalue weighted by Gasteiger charge is 2.19. The number of aryl methyl sites for hydroxylation is 1. The first-order chi connectivity index (χ1) is 8.20. The lowest BCUT2D eigenvalue weighted by Gasteiger charge is -2.26. The number of carbonyl (C=O) groups is 1. The first kappa shape index (κ1) is 12.2. The molecule has 0 bridgehead atoms. The van der Waals surface area contributed by atoms with Gasteiger partial charge in [-0.2, -0.15) is 11.8 Å². The van der Waals surface area contributed by atoms with Crippen LogP contribution in [0, 0.1) is 0 Å². The molecule has 2 rings (SSSR count). The van der Waals surface area contributed by atoms with E-state index in [0.717, 1.165) is 36.7 Å². The van der Waals surface area contributed by atoms with Crippen LogP contribution in [0.25, 0.3) is 0 Å². The van der Waals surface area contributed by atoms with Crippen LogP contribution in [0.15, 0.2) is 12.1 Å². The monoisotopic (exact) mass is 251 g/mol. The zero-order valence-electron chi connectivity index (χ0n) is 9.98. The molecule has 1 aliphatic heterocycles. The van der Waals surface area contributed by atoms with Gasteiger partial charge in [-0.05, 0) is 18.6 Å². The molecule has 0 unspecified atom stereocenters. The van der Waals surface area contributed by atoms with Gasteiger partial charge >= 0.3 is 0 Å². The molecule has 1 aliphatic rings. The van der Waals surface area contributed by atoms with Crippen LogP contribution in [0.5, 0.6) is 0 Å². The quantitative estimate of drug-likeness (QED) is 0.863. The molecule has 17 heavy (non-hydrogen) atoms. The Hall–Kier alpha value is -1.23. The van der Waals surface area contributed by atoms with Gasteiger partial charge in [0.15, 0.2) is 0 Å². The Bertz CT molecular complexity index is 416. The highest BCUT2D eigenvalue weighted by Crippen LogP contribution is 2.15. The summed E-state index contributed by atoms with van der Waals surface area (Å²) in [6, 6.07) is 3.52. The van der Waals surface area contributed by atoms with Crippen molar-refractivity contribution in [3.63, 3.8) is 0 Å². The third-order valence-electron chi connectivity index (χ3n) is 2.81. The normalized spacial score (nSPS) is 15.9. The summed E-state index contributed by atoms with van der Waals surface area (Å²) in [5, 5.41) is 0. The molecule has 0 spiro atoms. The highest BCUT2D eigenvalue weighted by atomic mass is 32.2. The molecule has 0 saturated carbocycles. The van der Waals surface area contributed by atoms with E-state index in [4.69, 9.17) is 5.73 Å². The summed E-state index contributed by atoms with van der Waals surface area (Å²) < 4.78 is 0. The first-order valence-corrected chi connectivity index (χ1v) is 6.99. The van der Waals surface area contributed by atoms with Gasteiger partial charge in [0.25, 0.3) is 5.91 Å². The largest absolute Gasteiger partial charge is 0.384 e. The van der Waals surface area contributed by atoms with Crippen molar-refractivity contribution in [1.29, 1.82) is 0 Å². The van der Waals surface area contributed by atoms with Crippen LogP contribution in [0.4, 0.5) is 5.82 Å². The zero-order valence-corrected chi connectivity index (χ0v) is 10.8. The van der Waals surface area contributed by atoms with Crippen molar-refractivity contribution < 1.29 is 4.79 Å². The van der Waals surface area contributed by atoms with Crippen molar-refractivity contribution >= 4 is 23.5 Å². The van der Waals surface area contributed by atoms with Crippen LogP contribution in [-0.2, 0) is 6.42 Å². The Labute approximate surface area is 106 Å². The minimum Gasteiger partial charge on any atom is -0.384 e. The summed E-state index contributed by atoms with van der Waals surface area (Å²) in [7, 11) is 0. The lowest BCUT2D eigenvalue weighted by Crippen LogP contribution is -2.38. The maximum absolute atomic E-state index is 12.3. The number of carbonyl (C=O) groups excluding carboxylic acids is 1. The minimum absolute atomic E-state index is 0.0779. The van der Waals surface area contributed by atoms with E-state index in [9.17, 15) is 4.79 Å². The number of anilines is 1. The summed E-state index contributed by atoms with van der Waals surface area (Å²) in [5.41, 5.74) is 7.26. The second-order valence-electron chi connectivity index (χ2n) is 4.03. The molecule has 0 radical (unpaired) electrons. The number of nitrogens with two attached hydrogens (primary N) is 1. The minimum atomic E-state index is 0.0779. The van der Waals surface area contributed by atoms with Crippen molar-refractivity contribution in [1.82, 2.24) is 9.88 Å². The van der Waals surface area contributed by atoms with Crippen molar-refractivity contribution in [2.24, 2.45) is 0 Å². The van der Waals surface area contributed by atoms with Crippen LogP contribution >= 0.6 is 11.8 Å². The number of thioether (sulfide) groups is 1. The fourth-order valence-corrected chi connectivity index (χ4v) is 2.77. The van der Waals surface area contributed by atoms with Gasteiger partial charge in [-0.1, -0.05) is 6.92 Å². The first-order valence-electron chi connectivity index (χ1n) is 5.84. The van der Waals surface area contributed by atoms with Crippen LogP contribution in [0.1, 0.15) is 23.0 Å². The van der Waals surface area contributed by atoms with Crippen LogP contribution < -0.4 is 5.73 Å². The third-order valence-corrected chi connectivity index (χ3v) is 3.75. The highest BCUT2D eigenvalue weighted by molar-refractivity contribution is 7.99. The number of nitrogen functional groups attached to an aromatic ring is 1. The predicted octanol–water partition coefficient (Wildman–Crippen LogP) is 1.42. The van der Waals surface area contributed by atoms with E-state index in [-0.39, 0.29) is 5.91 Å². The van der Waals surface area contributed by atoms with Gasteiger partial charge in [-0.15, -0.1) is 0 Å². The van der Waals surface area contributed by atoms with Gasteiger partial charge in [-0.3, -0.25) is 4.79 Å². The van der Waals surface area contributed by atoms with E-state index in [1.165, 1.54) is 0 Å². The van der Waals surface area contributed by atoms with E-state index >= 15 is 0 Å². The fraction of sp³-hybridized carbons (Fsp3) is 0.500. The summed E-state index contributed by atoms with van der Waals surface area (Å²) in [5.74, 6) is 2.55. The van der Waals surface area contributed by atoms with Crippen molar-refractivity contribution in [2.75, 3.05) is 30.3 Å². The molecule has 2 heterocycles. The smallest absolute Gasteiger partial charge is 0.254 e. The molecule has 1 amide bonds. The van der Waals surface area contributed by atoms with E-state index in [1.807, 2.05) is 29.7 Å². The molecule has 5 heteroatoms. The van der Waals surface area contributed by atoms with Gasteiger partial charge in [-0.25, -0.2) is 4.98 Å². The van der Waals surface area contributed by atoms with Crippen molar-refractivity contribution in [3.05, 3.63) is 23.4 Å². The molecule has 1 fully saturated rings. The van der Waals surface area contributed by atoms with Crippen LogP contribution in [0.3, 0.4) is 0 Å². The Balaban J connectivity index is 2.20. The molecule has 0 atom stereocenters. The molecule has 1 saturated heterocycles. The number of rotatable bonds is 2. The molecule has 92 valence electrons. The molecular formula is C12H17N3OS. The van der Waals surface area contributed by atoms with Gasteiger partial charge in [0, 0.05) is 35.9 Å². The number of nitrogens with zero attached hydrogens (tertiary/aromatic N) is 2. The van der Waals surface area contributed by atoms with E-state index in [2.05, 4.69) is 4.98 Å². The average Bonchev–Trinajstić information content (AvgIpc) is 2.38. The number of aromatic nitrogens is 1. The topological polar surface area (TPSA) is 59.2 Å². The summed E-state index contributed by atoms with van der Waals surface area (Å²) in [6.45, 7) is 3.66. The molecule has 0 aliphatic carbocycles. The molecule has 0 aromatic carbocycles. The molecule has 1 aromatic heterocycles. The van der Waals surface area contributed by atoms with E-state index < -0.39 is 0 Å². The molecular weight excluding hydrogens is 234 g/mol. The van der Waals surface area contributed by atoms with Crippen molar-refractivity contribution in [2.45, 2.75) is 13.3 Å². The predicted molar refractivity (Wildman–Crippen MR) is 71.3 cm³/mol. The van der Waals surface area contributed by atoms with Gasteiger partial charge < -0.3 is 10.6 Å². The molecule has 1 aromatic rings. The SMILES string of the molecule is CCc1cc(C(=O)N2CCSCC2)cc(N)n1. The lowest BCUT2D eigenvalue weighted by atomic mass is 10.1. The van der Waals surface area contributed by atoms with Crippen LogP contribution in [-0.4, -0.2) is 40.4 Å². The van der Waals surface area contributed by atoms with E-state index in [1.54, 1.807) is 6.07 Å². The standard InChI is InChI=1S/C12H17N3OS/c1-2-10-7-9(8-11(13)14-10)12(16)15-3-5-17-6-4-15/h7-8H,2-6H2,1H3,(H2,13,14). The van der Waals surface area contributed by atoms with Crippen molar-refractivity contribution in [3.8, 4) is 0 Å². The van der Waals surface area contributed by atoms with Gasteiger partial charge in [0.05, 0.1) is 0 Å². The summed E-state index contributed by atoms with van der Waals surface area (Å²) in [4.78, 5) is 18.3. The number of hydrogen-bond donors (Lipinski definition) is 1. The average molecular weight is 251 g/mol. The molecule has 4 nitrogen and oxygen atoms in total. The summed E-state index contributed by atoms with van der Waals surface area (Å²) >= 11 is 1.89. The maximum Gasteiger partial charge on any atom is 0.254 e. The Kier molecular flexibility index (Phi) is 3.89. The zero-order chi connectivity index (χ0) is 12.3. The van der Waals surface area contributed by atoms with Gasteiger partial charge in [0.2, 0.25) is 0 Å². The molecule has 2 N–H and O–H groups in total. The van der Waals surface area contributed by atoms with E-state index in [0.29, 0.717) is 11.4 Å². The lowest BCUT2D eigenvalue weighted by molar-refractivity contribution is 0.0772. The second kappa shape index (κ2) is 5.40. The second-order valence-corrected chi connectivity index (χ2v) is 5.25. The Morgan fingerprint density at radius 3 is 2.82 bits per heavy atom. The fourth-order valence-electron chi connectivity index (χ4n) is 1.86. The Morgan fingerprint density at radius 2 is 2.18 bits per heavy atom. The van der Waals surface area contributed by atoms with Gasteiger partial charge in [0.1, 0.15) is 5.82 Å². The maximum atomic E-state index is 12.3. The summed E-state index contributed by atoms with van der Waals surface area (Å²) in [6.07, 6.45) is 0.793. The number of pyridine rings is 1. The number of hydrogen-bond acceptors (Lipinski definition) is 4. The third kappa shape index (κ3) is 2.91. The van der Waals surface area contributed by atoms with Crippen LogP contribution in [0.2, 0.25) is 0 Å².